The molecule has 0 heterocycles. The SMILES string of the molecule is COc1ccc(S(=O)(=O)N(CC(=O)N/N=C\c2ccc(OCc3ccc(C)cc3)cc2)c2ccccc2)cc1. The van der Waals surface area contributed by atoms with E-state index in [9.17, 15) is 13.2 Å². The molecular weight excluding hydrogens is 514 g/mol. The van der Waals surface area contributed by atoms with E-state index in [2.05, 4.69) is 10.5 Å². The number of nitrogens with one attached hydrogen (secondary N) is 1. The lowest BCUT2D eigenvalue weighted by molar-refractivity contribution is -0.119. The van der Waals surface area contributed by atoms with Crippen LogP contribution in [0.2, 0.25) is 0 Å². The van der Waals surface area contributed by atoms with Crippen LogP contribution in [0.4, 0.5) is 5.69 Å². The van der Waals surface area contributed by atoms with Crippen molar-refractivity contribution in [3.8, 4) is 11.5 Å². The average Bonchev–Trinajstić information content (AvgIpc) is 2.96. The van der Waals surface area contributed by atoms with Crippen molar-refractivity contribution in [2.45, 2.75) is 18.4 Å². The molecule has 0 aliphatic rings. The van der Waals surface area contributed by atoms with Gasteiger partial charge in [-0.15, -0.1) is 0 Å². The van der Waals surface area contributed by atoms with E-state index < -0.39 is 22.5 Å². The summed E-state index contributed by atoms with van der Waals surface area (Å²) in [5.74, 6) is 0.641. The van der Waals surface area contributed by atoms with Crippen LogP contribution in [-0.4, -0.2) is 34.2 Å². The molecule has 0 fully saturated rings. The molecule has 0 bridgehead atoms. The van der Waals surface area contributed by atoms with Gasteiger partial charge in [0.1, 0.15) is 24.7 Å². The first-order chi connectivity index (χ1) is 18.8. The number of nitrogens with zero attached hydrogens (tertiary/aromatic N) is 2. The average molecular weight is 544 g/mol. The number of aryl methyl sites for hydroxylation is 1. The van der Waals surface area contributed by atoms with Crippen LogP contribution in [0.15, 0.2) is 113 Å². The zero-order chi connectivity index (χ0) is 27.7. The maximum Gasteiger partial charge on any atom is 0.264 e. The van der Waals surface area contributed by atoms with E-state index in [0.717, 1.165) is 15.4 Å². The second-order valence-corrected chi connectivity index (χ2v) is 10.5. The third kappa shape index (κ3) is 7.45. The summed E-state index contributed by atoms with van der Waals surface area (Å²) < 4.78 is 38.8. The molecule has 0 aliphatic carbocycles. The fourth-order valence-corrected chi connectivity index (χ4v) is 5.05. The first-order valence-electron chi connectivity index (χ1n) is 12.2. The summed E-state index contributed by atoms with van der Waals surface area (Å²) in [5, 5.41) is 3.99. The first-order valence-corrected chi connectivity index (χ1v) is 13.6. The largest absolute Gasteiger partial charge is 0.497 e. The fraction of sp³-hybridized carbons (Fsp3) is 0.133. The number of para-hydroxylation sites is 1. The molecule has 4 rings (SSSR count). The van der Waals surface area contributed by atoms with Crippen molar-refractivity contribution in [3.05, 3.63) is 120 Å². The van der Waals surface area contributed by atoms with Gasteiger partial charge < -0.3 is 9.47 Å². The minimum Gasteiger partial charge on any atom is -0.497 e. The van der Waals surface area contributed by atoms with Crippen molar-refractivity contribution in [1.82, 2.24) is 5.43 Å². The van der Waals surface area contributed by atoms with E-state index in [1.807, 2.05) is 55.5 Å². The molecule has 0 aromatic heterocycles. The van der Waals surface area contributed by atoms with Gasteiger partial charge in [-0.05, 0) is 78.7 Å². The number of carbonyl (C=O) groups excluding carboxylic acids is 1. The molecular formula is C30H29N3O5S. The van der Waals surface area contributed by atoms with Crippen LogP contribution in [0.5, 0.6) is 11.5 Å². The van der Waals surface area contributed by atoms with Crippen LogP contribution in [-0.2, 0) is 21.4 Å². The second-order valence-electron chi connectivity index (χ2n) is 8.66. The standard InChI is InChI=1S/C30H29N3O5S/c1-23-8-10-25(11-9-23)22-38-28-14-12-24(13-15-28)20-31-32-30(34)21-33(26-6-4-3-5-7-26)39(35,36)29-18-16-27(37-2)17-19-29/h3-20H,21-22H2,1-2H3,(H,32,34)/b31-20-. The third-order valence-electron chi connectivity index (χ3n) is 5.79. The number of hydrogen-bond acceptors (Lipinski definition) is 6. The zero-order valence-corrected chi connectivity index (χ0v) is 22.5. The number of methoxy groups -OCH3 is 1. The molecule has 4 aromatic carbocycles. The van der Waals surface area contributed by atoms with E-state index >= 15 is 0 Å². The number of hydrogen-bond donors (Lipinski definition) is 1. The summed E-state index contributed by atoms with van der Waals surface area (Å²) in [7, 11) is -2.53. The third-order valence-corrected chi connectivity index (χ3v) is 7.58. The quantitative estimate of drug-likeness (QED) is 0.214. The highest BCUT2D eigenvalue weighted by molar-refractivity contribution is 7.92. The smallest absolute Gasteiger partial charge is 0.264 e. The van der Waals surface area contributed by atoms with Gasteiger partial charge in [0.2, 0.25) is 0 Å². The van der Waals surface area contributed by atoms with Gasteiger partial charge in [-0.25, -0.2) is 13.8 Å². The van der Waals surface area contributed by atoms with Crippen LogP contribution in [0.3, 0.4) is 0 Å². The summed E-state index contributed by atoms with van der Waals surface area (Å²) in [6, 6.07) is 29.8. The minimum atomic E-state index is -4.03. The van der Waals surface area contributed by atoms with Gasteiger partial charge in [0.25, 0.3) is 15.9 Å². The summed E-state index contributed by atoms with van der Waals surface area (Å²) in [5.41, 5.74) is 5.78. The van der Waals surface area contributed by atoms with Crippen LogP contribution < -0.4 is 19.2 Å². The summed E-state index contributed by atoms with van der Waals surface area (Å²) in [6.07, 6.45) is 1.48. The molecule has 0 atom stereocenters. The van der Waals surface area contributed by atoms with E-state index in [4.69, 9.17) is 9.47 Å². The summed E-state index contributed by atoms with van der Waals surface area (Å²) in [6.45, 7) is 2.04. The van der Waals surface area contributed by atoms with Gasteiger partial charge in [0.05, 0.1) is 23.9 Å². The van der Waals surface area contributed by atoms with Crippen molar-refractivity contribution in [2.24, 2.45) is 5.10 Å². The Bertz CT molecular complexity index is 1500. The van der Waals surface area contributed by atoms with E-state index in [0.29, 0.717) is 23.8 Å². The molecule has 0 spiro atoms. The van der Waals surface area contributed by atoms with Crippen LogP contribution in [0.25, 0.3) is 0 Å². The van der Waals surface area contributed by atoms with Crippen LogP contribution >= 0.6 is 0 Å². The molecule has 39 heavy (non-hydrogen) atoms. The van der Waals surface area contributed by atoms with Crippen molar-refractivity contribution in [1.29, 1.82) is 0 Å². The van der Waals surface area contributed by atoms with Crippen molar-refractivity contribution in [3.63, 3.8) is 0 Å². The maximum absolute atomic E-state index is 13.4. The number of anilines is 1. The van der Waals surface area contributed by atoms with Gasteiger partial charge in [-0.1, -0.05) is 48.0 Å². The Morgan fingerprint density at radius 1 is 0.872 bits per heavy atom. The van der Waals surface area contributed by atoms with Crippen molar-refractivity contribution in [2.75, 3.05) is 18.0 Å². The van der Waals surface area contributed by atoms with Crippen molar-refractivity contribution >= 4 is 27.8 Å². The number of rotatable bonds is 11. The molecule has 4 aromatic rings. The molecule has 0 unspecified atom stereocenters. The van der Waals surface area contributed by atoms with Gasteiger partial charge in [0, 0.05) is 0 Å². The van der Waals surface area contributed by atoms with Gasteiger partial charge in [-0.2, -0.15) is 5.10 Å². The van der Waals surface area contributed by atoms with E-state index in [1.54, 1.807) is 42.5 Å². The Labute approximate surface area is 228 Å². The second kappa shape index (κ2) is 12.7. The Kier molecular flexibility index (Phi) is 8.96. The number of sulfonamides is 1. The van der Waals surface area contributed by atoms with E-state index in [-0.39, 0.29) is 4.90 Å². The Morgan fingerprint density at radius 2 is 1.51 bits per heavy atom. The Balaban J connectivity index is 1.38. The Morgan fingerprint density at radius 3 is 2.15 bits per heavy atom. The molecule has 0 aliphatic heterocycles. The molecule has 0 saturated carbocycles. The van der Waals surface area contributed by atoms with Gasteiger partial charge in [-0.3, -0.25) is 9.10 Å². The number of amides is 1. The number of hydrazone groups is 1. The monoisotopic (exact) mass is 543 g/mol. The summed E-state index contributed by atoms with van der Waals surface area (Å²) >= 11 is 0. The topological polar surface area (TPSA) is 97.3 Å². The van der Waals surface area contributed by atoms with Crippen molar-refractivity contribution < 1.29 is 22.7 Å². The number of benzene rings is 4. The lowest BCUT2D eigenvalue weighted by Gasteiger charge is -2.23. The van der Waals surface area contributed by atoms with E-state index in [1.165, 1.54) is 31.0 Å². The number of ether oxygens (including phenoxy) is 2. The molecule has 1 N–H and O–H groups in total. The highest BCUT2D eigenvalue weighted by Crippen LogP contribution is 2.25. The summed E-state index contributed by atoms with van der Waals surface area (Å²) in [4.78, 5) is 12.8. The fourth-order valence-electron chi connectivity index (χ4n) is 3.63. The zero-order valence-electron chi connectivity index (χ0n) is 21.7. The predicted octanol–water partition coefficient (Wildman–Crippen LogP) is 4.93. The minimum absolute atomic E-state index is 0.0353. The first kappa shape index (κ1) is 27.4. The Hall–Kier alpha value is -4.63. The molecule has 200 valence electrons. The van der Waals surface area contributed by atoms with Gasteiger partial charge in [0.15, 0.2) is 0 Å². The maximum atomic E-state index is 13.4. The molecule has 8 nitrogen and oxygen atoms in total. The lowest BCUT2D eigenvalue weighted by atomic mass is 10.2. The van der Waals surface area contributed by atoms with Crippen LogP contribution in [0.1, 0.15) is 16.7 Å². The molecule has 0 saturated heterocycles. The van der Waals surface area contributed by atoms with Crippen LogP contribution in [0, 0.1) is 6.92 Å². The lowest BCUT2D eigenvalue weighted by Crippen LogP contribution is -2.39. The normalized spacial score (nSPS) is 11.2. The predicted molar refractivity (Wildman–Crippen MR) is 152 cm³/mol. The molecule has 9 heteroatoms. The highest BCUT2D eigenvalue weighted by atomic mass is 32.2. The number of carbonyl (C=O) groups is 1. The highest BCUT2D eigenvalue weighted by Gasteiger charge is 2.27. The molecule has 0 radical (unpaired) electrons. The van der Waals surface area contributed by atoms with Gasteiger partial charge >= 0.3 is 0 Å². The molecule has 1 amide bonds.